The van der Waals surface area contributed by atoms with Crippen LogP contribution in [0.15, 0.2) is 45.6 Å². The van der Waals surface area contributed by atoms with Crippen molar-refractivity contribution in [3.8, 4) is 0 Å². The topological polar surface area (TPSA) is 69.7 Å². The number of Topliss-reactive ketones (excluding diaryl/α,β-unsaturated/α-hetero) is 1. The van der Waals surface area contributed by atoms with Gasteiger partial charge in [-0.1, -0.05) is 37.1 Å². The predicted molar refractivity (Wildman–Crippen MR) is 131 cm³/mol. The number of carbonyl (C=O) groups is 3. The van der Waals surface area contributed by atoms with E-state index < -0.39 is 11.6 Å². The first kappa shape index (κ1) is 21.6. The van der Waals surface area contributed by atoms with Crippen LogP contribution >= 0.6 is 0 Å². The van der Waals surface area contributed by atoms with Crippen molar-refractivity contribution in [2.24, 2.45) is 52.3 Å². The van der Waals surface area contributed by atoms with Gasteiger partial charge in [0, 0.05) is 34.5 Å². The Labute approximate surface area is 212 Å². The summed E-state index contributed by atoms with van der Waals surface area (Å²) in [4.78, 5) is 40.4. The molecule has 5 heteroatoms. The van der Waals surface area contributed by atoms with E-state index in [2.05, 4.69) is 20.4 Å². The van der Waals surface area contributed by atoms with E-state index in [4.69, 9.17) is 9.47 Å². The Morgan fingerprint density at radius 3 is 2.56 bits per heavy atom. The molecule has 7 aliphatic carbocycles. The Bertz CT molecular complexity index is 1360. The molecular formula is C31H34O5. The molecule has 0 radical (unpaired) electrons. The lowest BCUT2D eigenvalue weighted by Crippen LogP contribution is -2.63. The molecule has 5 fully saturated rings. The summed E-state index contributed by atoms with van der Waals surface area (Å²) in [7, 11) is 1.37. The summed E-state index contributed by atoms with van der Waals surface area (Å²) < 4.78 is 11.8. The van der Waals surface area contributed by atoms with Crippen molar-refractivity contribution in [3.63, 3.8) is 0 Å². The number of carbonyl (C=O) groups excluding carboxylic acids is 3. The molecule has 8 rings (SSSR count). The van der Waals surface area contributed by atoms with E-state index in [0.717, 1.165) is 24.8 Å². The third kappa shape index (κ3) is 2.00. The van der Waals surface area contributed by atoms with Gasteiger partial charge in [-0.05, 0) is 80.1 Å². The summed E-state index contributed by atoms with van der Waals surface area (Å²) in [6, 6.07) is 0. The summed E-state index contributed by atoms with van der Waals surface area (Å²) in [5, 5.41) is 0. The number of ether oxygens (including phenoxy) is 2. The highest BCUT2D eigenvalue weighted by Gasteiger charge is 2.79. The number of hydrogen-bond donors (Lipinski definition) is 0. The van der Waals surface area contributed by atoms with E-state index >= 15 is 0 Å². The summed E-state index contributed by atoms with van der Waals surface area (Å²) in [6.45, 7) is 12.9. The van der Waals surface area contributed by atoms with Crippen LogP contribution in [0.25, 0.3) is 0 Å². The second-order valence-corrected chi connectivity index (χ2v) is 13.6. The standard InChI is InChI=1S/C31H34O5/c1-12-15-7-21(15)30(5)18(12)10-19-13(2)28(34)36-31(19)23(30)9-17-16-8-20(16)29(4)11-22(32)24(26(31)25(17)29)14(3)27(33)35-6/h15-16,18,20-21,23,26H,1,7-11H2,2-6H3/b24-14+/t15-,16-,18+,20-,21-,23+,26+,29+,30-,31+/m1/s1. The number of hydrogen-bond acceptors (Lipinski definition) is 5. The Kier molecular flexibility index (Phi) is 3.60. The molecule has 5 nitrogen and oxygen atoms in total. The molecule has 1 spiro atoms. The second-order valence-electron chi connectivity index (χ2n) is 13.6. The number of esters is 2. The second kappa shape index (κ2) is 6.00. The zero-order valence-electron chi connectivity index (χ0n) is 21.8. The molecule has 0 bridgehead atoms. The van der Waals surface area contributed by atoms with Gasteiger partial charge in [-0.3, -0.25) is 4.79 Å². The molecule has 0 aromatic carbocycles. The molecule has 1 aliphatic heterocycles. The first-order chi connectivity index (χ1) is 17.0. The highest BCUT2D eigenvalue weighted by Crippen LogP contribution is 2.82. The van der Waals surface area contributed by atoms with Crippen molar-refractivity contribution in [2.45, 2.75) is 65.4 Å². The van der Waals surface area contributed by atoms with E-state index in [1.807, 2.05) is 6.92 Å². The van der Waals surface area contributed by atoms with Crippen molar-refractivity contribution in [1.82, 2.24) is 0 Å². The Hall–Kier alpha value is -2.43. The number of allylic oxidation sites excluding steroid dienone is 2. The SMILES string of the molecule is C=C1[C@H]2C[C@H]2[C@]2(C)[C@@H]3CC4=C5[C@H](/C(=C(\C)C(=O)OC)C(=O)C[C@@]5(C)[C@@H]5C[C@H]45)[C@@]34OC(=O)C(C)=C4C[C@@H]12. The van der Waals surface area contributed by atoms with Gasteiger partial charge >= 0.3 is 11.9 Å². The molecule has 0 unspecified atom stereocenters. The number of ketones is 1. The number of fused-ring (bicyclic) bond motifs is 7. The monoisotopic (exact) mass is 486 g/mol. The Morgan fingerprint density at radius 1 is 1.11 bits per heavy atom. The van der Waals surface area contributed by atoms with E-state index in [1.165, 1.54) is 30.2 Å². The summed E-state index contributed by atoms with van der Waals surface area (Å²) in [6.07, 6.45) is 4.48. The van der Waals surface area contributed by atoms with Crippen molar-refractivity contribution in [1.29, 1.82) is 0 Å². The molecule has 1 heterocycles. The van der Waals surface area contributed by atoms with Crippen LogP contribution in [-0.2, 0) is 23.9 Å². The molecule has 0 N–H and O–H groups in total. The molecule has 10 atom stereocenters. The summed E-state index contributed by atoms with van der Waals surface area (Å²) in [5.74, 6) is 1.53. The first-order valence-electron chi connectivity index (χ1n) is 13.7. The van der Waals surface area contributed by atoms with Crippen molar-refractivity contribution < 1.29 is 23.9 Å². The molecule has 0 amide bonds. The lowest BCUT2D eigenvalue weighted by atomic mass is 9.43. The van der Waals surface area contributed by atoms with Crippen LogP contribution < -0.4 is 0 Å². The molecule has 8 aliphatic rings. The number of methoxy groups -OCH3 is 1. The zero-order valence-corrected chi connectivity index (χ0v) is 21.8. The number of rotatable bonds is 1. The fraction of sp³-hybridized carbons (Fsp3) is 0.645. The first-order valence-corrected chi connectivity index (χ1v) is 13.7. The van der Waals surface area contributed by atoms with Gasteiger partial charge in [0.05, 0.1) is 13.0 Å². The van der Waals surface area contributed by atoms with Crippen LogP contribution in [0.2, 0.25) is 0 Å². The maximum atomic E-state index is 14.1. The van der Waals surface area contributed by atoms with Crippen LogP contribution in [0, 0.1) is 52.3 Å². The fourth-order valence-electron chi connectivity index (χ4n) is 11.0. The molecule has 5 saturated carbocycles. The summed E-state index contributed by atoms with van der Waals surface area (Å²) >= 11 is 0. The minimum absolute atomic E-state index is 0.0250. The molecule has 36 heavy (non-hydrogen) atoms. The largest absolute Gasteiger partial charge is 0.466 e. The van der Waals surface area contributed by atoms with Crippen molar-refractivity contribution in [2.75, 3.05) is 7.11 Å². The molecule has 188 valence electrons. The minimum Gasteiger partial charge on any atom is -0.466 e. The van der Waals surface area contributed by atoms with Gasteiger partial charge in [-0.25, -0.2) is 9.59 Å². The van der Waals surface area contributed by atoms with Crippen LogP contribution in [0.4, 0.5) is 0 Å². The Balaban J connectivity index is 1.46. The average Bonchev–Trinajstić information content (AvgIpc) is 3.74. The highest BCUT2D eigenvalue weighted by atomic mass is 16.6. The molecule has 0 aromatic heterocycles. The maximum absolute atomic E-state index is 14.1. The van der Waals surface area contributed by atoms with Gasteiger partial charge in [0.1, 0.15) is 5.60 Å². The molecular weight excluding hydrogens is 452 g/mol. The van der Waals surface area contributed by atoms with Crippen LogP contribution in [-0.4, -0.2) is 30.4 Å². The van der Waals surface area contributed by atoms with Crippen LogP contribution in [0.1, 0.15) is 59.8 Å². The fourth-order valence-corrected chi connectivity index (χ4v) is 11.0. The van der Waals surface area contributed by atoms with Gasteiger partial charge in [-0.2, -0.15) is 0 Å². The van der Waals surface area contributed by atoms with Gasteiger partial charge in [0.15, 0.2) is 5.78 Å². The van der Waals surface area contributed by atoms with Crippen molar-refractivity contribution in [3.05, 3.63) is 45.6 Å². The maximum Gasteiger partial charge on any atom is 0.334 e. The Morgan fingerprint density at radius 2 is 1.83 bits per heavy atom. The van der Waals surface area contributed by atoms with E-state index in [0.29, 0.717) is 52.7 Å². The van der Waals surface area contributed by atoms with E-state index in [1.54, 1.807) is 6.92 Å². The van der Waals surface area contributed by atoms with Gasteiger partial charge < -0.3 is 9.47 Å². The summed E-state index contributed by atoms with van der Waals surface area (Å²) in [5.41, 5.74) is 5.78. The highest BCUT2D eigenvalue weighted by molar-refractivity contribution is 6.07. The minimum atomic E-state index is -0.887. The quantitative estimate of drug-likeness (QED) is 0.300. The van der Waals surface area contributed by atoms with Crippen LogP contribution in [0.3, 0.4) is 0 Å². The lowest BCUT2D eigenvalue weighted by molar-refractivity contribution is -0.173. The smallest absolute Gasteiger partial charge is 0.334 e. The third-order valence-corrected chi connectivity index (χ3v) is 12.6. The average molecular weight is 487 g/mol. The van der Waals surface area contributed by atoms with Crippen molar-refractivity contribution >= 4 is 17.7 Å². The van der Waals surface area contributed by atoms with E-state index in [-0.39, 0.29) is 34.4 Å². The zero-order chi connectivity index (χ0) is 25.3. The van der Waals surface area contributed by atoms with Crippen LogP contribution in [0.5, 0.6) is 0 Å². The van der Waals surface area contributed by atoms with Gasteiger partial charge in [0.2, 0.25) is 0 Å². The van der Waals surface area contributed by atoms with Gasteiger partial charge in [0.25, 0.3) is 0 Å². The molecule has 0 saturated heterocycles. The van der Waals surface area contributed by atoms with Gasteiger partial charge in [-0.15, -0.1) is 0 Å². The van der Waals surface area contributed by atoms with E-state index in [9.17, 15) is 14.4 Å². The lowest BCUT2D eigenvalue weighted by Gasteiger charge is -2.62. The third-order valence-electron chi connectivity index (χ3n) is 12.6. The molecule has 0 aromatic rings. The predicted octanol–water partition coefficient (Wildman–Crippen LogP) is 4.88. The normalized spacial score (nSPS) is 52.1.